The predicted octanol–water partition coefficient (Wildman–Crippen LogP) is 4.35. The molecule has 0 aliphatic carbocycles. The Kier molecular flexibility index (Phi) is 3.74. The highest BCUT2D eigenvalue weighted by atomic mass is 35.5. The largest absolute Gasteiger partial charge is 0.384 e. The van der Waals surface area contributed by atoms with Crippen molar-refractivity contribution in [3.8, 4) is 0 Å². The van der Waals surface area contributed by atoms with Crippen LogP contribution in [0.1, 0.15) is 33.9 Å². The normalized spacial score (nSPS) is 12.5. The summed E-state index contributed by atoms with van der Waals surface area (Å²) < 4.78 is 0. The van der Waals surface area contributed by atoms with Gasteiger partial charge in [0, 0.05) is 5.02 Å². The smallest absolute Gasteiger partial charge is 0.105 e. The van der Waals surface area contributed by atoms with Crippen molar-refractivity contribution in [2.45, 2.75) is 26.9 Å². The third kappa shape index (κ3) is 2.43. The first kappa shape index (κ1) is 13.1. The summed E-state index contributed by atoms with van der Waals surface area (Å²) in [7, 11) is 0. The highest BCUT2D eigenvalue weighted by molar-refractivity contribution is 6.31. The molecule has 0 aliphatic rings. The van der Waals surface area contributed by atoms with Gasteiger partial charge in [0.05, 0.1) is 0 Å². The average molecular weight is 261 g/mol. The van der Waals surface area contributed by atoms with Crippen LogP contribution in [0.25, 0.3) is 0 Å². The van der Waals surface area contributed by atoms with Crippen molar-refractivity contribution in [1.29, 1.82) is 0 Å². The van der Waals surface area contributed by atoms with E-state index in [9.17, 15) is 5.11 Å². The molecule has 2 aromatic rings. The minimum atomic E-state index is -0.621. The van der Waals surface area contributed by atoms with Gasteiger partial charge in [-0.2, -0.15) is 0 Å². The maximum absolute atomic E-state index is 10.5. The maximum atomic E-state index is 10.5. The van der Waals surface area contributed by atoms with Gasteiger partial charge < -0.3 is 5.11 Å². The van der Waals surface area contributed by atoms with E-state index in [4.69, 9.17) is 11.6 Å². The number of halogens is 1. The van der Waals surface area contributed by atoms with Gasteiger partial charge >= 0.3 is 0 Å². The molecule has 1 N–H and O–H groups in total. The summed E-state index contributed by atoms with van der Waals surface area (Å²) in [5.74, 6) is 0. The van der Waals surface area contributed by atoms with Crippen LogP contribution in [-0.2, 0) is 0 Å². The molecule has 0 bridgehead atoms. The molecule has 0 aliphatic heterocycles. The van der Waals surface area contributed by atoms with Gasteiger partial charge in [0.25, 0.3) is 0 Å². The van der Waals surface area contributed by atoms with Crippen LogP contribution in [-0.4, -0.2) is 5.11 Å². The second kappa shape index (κ2) is 5.13. The molecule has 0 saturated heterocycles. The number of aliphatic hydroxyl groups excluding tert-OH is 1. The topological polar surface area (TPSA) is 20.2 Å². The number of benzene rings is 2. The highest BCUT2D eigenvalue weighted by Gasteiger charge is 2.15. The molecule has 0 aromatic heterocycles. The lowest BCUT2D eigenvalue weighted by atomic mass is 9.93. The molecule has 2 aromatic carbocycles. The van der Waals surface area contributed by atoms with Crippen molar-refractivity contribution < 1.29 is 5.11 Å². The molecule has 2 rings (SSSR count). The molecule has 0 heterocycles. The summed E-state index contributed by atoms with van der Waals surface area (Å²) in [6.45, 7) is 6.00. The molecular weight excluding hydrogens is 244 g/mol. The number of rotatable bonds is 2. The third-order valence-electron chi connectivity index (χ3n) is 3.32. The number of aryl methyl sites for hydroxylation is 2. The first-order valence-electron chi connectivity index (χ1n) is 6.01. The molecule has 0 radical (unpaired) electrons. The van der Waals surface area contributed by atoms with Crippen molar-refractivity contribution in [3.05, 3.63) is 69.2 Å². The molecule has 94 valence electrons. The molecule has 1 nitrogen and oxygen atoms in total. The van der Waals surface area contributed by atoms with Crippen LogP contribution in [0.15, 0.2) is 36.4 Å². The van der Waals surface area contributed by atoms with Gasteiger partial charge in [0.15, 0.2) is 0 Å². The lowest BCUT2D eigenvalue weighted by Crippen LogP contribution is -2.04. The van der Waals surface area contributed by atoms with E-state index >= 15 is 0 Å². The zero-order valence-corrected chi connectivity index (χ0v) is 11.6. The van der Waals surface area contributed by atoms with Crippen LogP contribution in [0.2, 0.25) is 5.02 Å². The Bertz CT molecular complexity index is 575. The van der Waals surface area contributed by atoms with Gasteiger partial charge in [-0.3, -0.25) is 0 Å². The van der Waals surface area contributed by atoms with Gasteiger partial charge in [-0.05, 0) is 49.1 Å². The molecule has 1 atom stereocenters. The third-order valence-corrected chi connectivity index (χ3v) is 3.73. The minimum absolute atomic E-state index is 0.621. The fraction of sp³-hybridized carbons (Fsp3) is 0.250. The highest BCUT2D eigenvalue weighted by Crippen LogP contribution is 2.30. The Morgan fingerprint density at radius 1 is 1.00 bits per heavy atom. The summed E-state index contributed by atoms with van der Waals surface area (Å²) in [6, 6.07) is 11.7. The standard InChI is InChI=1S/C16H17ClO/c1-10-7-8-13(11(2)9-10)16(18)14-5-4-6-15(17)12(14)3/h4-9,16,18H,1-3H3. The van der Waals surface area contributed by atoms with Gasteiger partial charge in [0.2, 0.25) is 0 Å². The van der Waals surface area contributed by atoms with Gasteiger partial charge in [0.1, 0.15) is 6.10 Å². The monoisotopic (exact) mass is 260 g/mol. The van der Waals surface area contributed by atoms with Gasteiger partial charge in [-0.25, -0.2) is 0 Å². The second-order valence-corrected chi connectivity index (χ2v) is 5.12. The van der Waals surface area contributed by atoms with Crippen LogP contribution in [0.4, 0.5) is 0 Å². The van der Waals surface area contributed by atoms with Gasteiger partial charge in [-0.15, -0.1) is 0 Å². The lowest BCUT2D eigenvalue weighted by Gasteiger charge is -2.17. The fourth-order valence-electron chi connectivity index (χ4n) is 2.22. The van der Waals surface area contributed by atoms with E-state index in [0.717, 1.165) is 22.3 Å². The van der Waals surface area contributed by atoms with E-state index in [1.807, 2.05) is 51.1 Å². The molecule has 0 spiro atoms. The van der Waals surface area contributed by atoms with Crippen LogP contribution < -0.4 is 0 Å². The first-order chi connectivity index (χ1) is 8.50. The Labute approximate surface area is 113 Å². The van der Waals surface area contributed by atoms with Crippen molar-refractivity contribution in [2.24, 2.45) is 0 Å². The summed E-state index contributed by atoms with van der Waals surface area (Å²) >= 11 is 6.10. The summed E-state index contributed by atoms with van der Waals surface area (Å²) in [5.41, 5.74) is 5.04. The Morgan fingerprint density at radius 2 is 1.72 bits per heavy atom. The van der Waals surface area contributed by atoms with E-state index in [2.05, 4.69) is 6.07 Å². The SMILES string of the molecule is Cc1ccc(C(O)c2cccc(Cl)c2C)c(C)c1. The number of hydrogen-bond acceptors (Lipinski definition) is 1. The van der Waals surface area contributed by atoms with E-state index in [1.165, 1.54) is 5.56 Å². The zero-order chi connectivity index (χ0) is 13.3. The van der Waals surface area contributed by atoms with Crippen molar-refractivity contribution in [1.82, 2.24) is 0 Å². The zero-order valence-electron chi connectivity index (χ0n) is 10.9. The van der Waals surface area contributed by atoms with Crippen LogP contribution in [0, 0.1) is 20.8 Å². The Hall–Kier alpha value is -1.31. The predicted molar refractivity (Wildman–Crippen MR) is 76.2 cm³/mol. The van der Waals surface area contributed by atoms with E-state index in [0.29, 0.717) is 5.02 Å². The van der Waals surface area contributed by atoms with Crippen molar-refractivity contribution in [2.75, 3.05) is 0 Å². The van der Waals surface area contributed by atoms with E-state index in [1.54, 1.807) is 0 Å². The molecule has 0 saturated carbocycles. The quantitative estimate of drug-likeness (QED) is 0.851. The number of hydrogen-bond donors (Lipinski definition) is 1. The minimum Gasteiger partial charge on any atom is -0.384 e. The number of aliphatic hydroxyl groups is 1. The summed E-state index contributed by atoms with van der Waals surface area (Å²) in [4.78, 5) is 0. The first-order valence-corrected chi connectivity index (χ1v) is 6.38. The summed E-state index contributed by atoms with van der Waals surface area (Å²) in [5, 5.41) is 11.2. The summed E-state index contributed by atoms with van der Waals surface area (Å²) in [6.07, 6.45) is -0.621. The van der Waals surface area contributed by atoms with Crippen LogP contribution in [0.3, 0.4) is 0 Å². The fourth-order valence-corrected chi connectivity index (χ4v) is 2.40. The van der Waals surface area contributed by atoms with Gasteiger partial charge in [-0.1, -0.05) is 47.5 Å². The Morgan fingerprint density at radius 3 is 2.39 bits per heavy atom. The Balaban J connectivity index is 2.48. The molecular formula is C16H17ClO. The van der Waals surface area contributed by atoms with Crippen LogP contribution in [0.5, 0.6) is 0 Å². The molecule has 1 unspecified atom stereocenters. The maximum Gasteiger partial charge on any atom is 0.105 e. The molecule has 18 heavy (non-hydrogen) atoms. The molecule has 0 amide bonds. The van der Waals surface area contributed by atoms with E-state index in [-0.39, 0.29) is 0 Å². The van der Waals surface area contributed by atoms with Crippen molar-refractivity contribution >= 4 is 11.6 Å². The van der Waals surface area contributed by atoms with E-state index < -0.39 is 6.10 Å². The van der Waals surface area contributed by atoms with Crippen LogP contribution >= 0.6 is 11.6 Å². The molecule has 2 heteroatoms. The van der Waals surface area contributed by atoms with Crippen molar-refractivity contribution in [3.63, 3.8) is 0 Å². The average Bonchev–Trinajstić information content (AvgIpc) is 2.32. The molecule has 0 fully saturated rings. The second-order valence-electron chi connectivity index (χ2n) is 4.72. The lowest BCUT2D eigenvalue weighted by molar-refractivity contribution is 0.219.